The maximum Gasteiger partial charge on any atom is 0.416 e. The first-order valence-electron chi connectivity index (χ1n) is 11.3. The van der Waals surface area contributed by atoms with Crippen molar-refractivity contribution in [2.24, 2.45) is 0 Å². The van der Waals surface area contributed by atoms with E-state index in [1.807, 2.05) is 32.8 Å². The van der Waals surface area contributed by atoms with Gasteiger partial charge in [-0.2, -0.15) is 13.2 Å². The summed E-state index contributed by atoms with van der Waals surface area (Å²) < 4.78 is 53.1. The van der Waals surface area contributed by atoms with Crippen LogP contribution in [0.2, 0.25) is 0 Å². The molecule has 0 radical (unpaired) electrons. The van der Waals surface area contributed by atoms with Gasteiger partial charge < -0.3 is 19.3 Å². The summed E-state index contributed by atoms with van der Waals surface area (Å²) in [5.41, 5.74) is -0.646. The van der Waals surface area contributed by atoms with Gasteiger partial charge in [0.15, 0.2) is 6.10 Å². The van der Waals surface area contributed by atoms with Crippen molar-refractivity contribution >= 4 is 17.6 Å². The van der Waals surface area contributed by atoms with Crippen LogP contribution in [-0.4, -0.2) is 56.2 Å². The molecule has 0 saturated carbocycles. The first-order valence-corrected chi connectivity index (χ1v) is 11.3. The molecular weight excluding hydrogens is 461 g/mol. The Morgan fingerprint density at radius 2 is 1.74 bits per heavy atom. The van der Waals surface area contributed by atoms with Gasteiger partial charge in [-0.25, -0.2) is 0 Å². The number of alkyl halides is 3. The van der Waals surface area contributed by atoms with Crippen LogP contribution in [0.25, 0.3) is 0 Å². The van der Waals surface area contributed by atoms with Crippen molar-refractivity contribution in [3.8, 4) is 5.75 Å². The number of carbonyl (C=O) groups excluding carboxylic acids is 2. The Labute approximate surface area is 203 Å². The molecule has 0 aliphatic carbocycles. The van der Waals surface area contributed by atoms with Gasteiger partial charge in [0.25, 0.3) is 5.91 Å². The predicted molar refractivity (Wildman–Crippen MR) is 127 cm³/mol. The zero-order valence-electron chi connectivity index (χ0n) is 20.8. The molecule has 3 rings (SSSR count). The number of hydrogen-bond donors (Lipinski definition) is 0. The lowest BCUT2D eigenvalue weighted by Gasteiger charge is -2.38. The Morgan fingerprint density at radius 1 is 1.11 bits per heavy atom. The second kappa shape index (κ2) is 9.89. The van der Waals surface area contributed by atoms with Crippen LogP contribution in [0.1, 0.15) is 43.4 Å². The van der Waals surface area contributed by atoms with Gasteiger partial charge in [0.05, 0.1) is 12.7 Å². The Kier molecular flexibility index (Phi) is 7.50. The smallest absolute Gasteiger partial charge is 0.416 e. The van der Waals surface area contributed by atoms with E-state index in [1.54, 1.807) is 24.3 Å². The van der Waals surface area contributed by atoms with E-state index in [4.69, 9.17) is 9.47 Å². The van der Waals surface area contributed by atoms with E-state index in [2.05, 4.69) is 0 Å². The van der Waals surface area contributed by atoms with Gasteiger partial charge in [-0.15, -0.1) is 0 Å². The summed E-state index contributed by atoms with van der Waals surface area (Å²) in [5.74, 6) is -1.51. The third-order valence-electron chi connectivity index (χ3n) is 6.64. The van der Waals surface area contributed by atoms with Crippen molar-refractivity contribution in [1.29, 1.82) is 0 Å². The first-order chi connectivity index (χ1) is 16.3. The fourth-order valence-corrected chi connectivity index (χ4v) is 4.23. The second-order valence-corrected chi connectivity index (χ2v) is 9.55. The molecule has 0 bridgehead atoms. The molecule has 2 aromatic rings. The highest BCUT2D eigenvalue weighted by atomic mass is 19.4. The summed E-state index contributed by atoms with van der Waals surface area (Å²) in [7, 11) is 5.17. The van der Waals surface area contributed by atoms with Crippen molar-refractivity contribution in [3.05, 3.63) is 59.2 Å². The van der Waals surface area contributed by atoms with Gasteiger partial charge >= 0.3 is 12.1 Å². The van der Waals surface area contributed by atoms with Crippen molar-refractivity contribution in [3.63, 3.8) is 0 Å². The van der Waals surface area contributed by atoms with Gasteiger partial charge in [-0.05, 0) is 69.8 Å². The normalized spacial score (nSPS) is 18.8. The molecule has 0 fully saturated rings. The summed E-state index contributed by atoms with van der Waals surface area (Å²) in [4.78, 5) is 29.2. The third-order valence-corrected chi connectivity index (χ3v) is 6.64. The number of rotatable bonds is 6. The zero-order chi connectivity index (χ0) is 26.1. The van der Waals surface area contributed by atoms with Crippen molar-refractivity contribution in [2.75, 3.05) is 32.6 Å². The fourth-order valence-electron chi connectivity index (χ4n) is 4.23. The SMILES string of the molecule is COc1ccc([C@@H]2Cc3c(cccc3C(F)(F)F)N(CC(C)(C)N(C)C)C(=O)[C@@H]2OC(C)=O)cc1. The highest BCUT2D eigenvalue weighted by molar-refractivity contribution is 6.00. The largest absolute Gasteiger partial charge is 0.497 e. The van der Waals surface area contributed by atoms with E-state index in [0.29, 0.717) is 11.3 Å². The molecule has 0 N–H and O–H groups in total. The molecule has 0 spiro atoms. The van der Waals surface area contributed by atoms with Gasteiger partial charge in [0.1, 0.15) is 5.75 Å². The van der Waals surface area contributed by atoms with Gasteiger partial charge in [-0.1, -0.05) is 18.2 Å². The van der Waals surface area contributed by atoms with E-state index in [9.17, 15) is 22.8 Å². The molecule has 190 valence electrons. The minimum absolute atomic E-state index is 0.00150. The number of amides is 1. The van der Waals surface area contributed by atoms with E-state index in [-0.39, 0.29) is 24.2 Å². The minimum atomic E-state index is -4.62. The van der Waals surface area contributed by atoms with E-state index in [1.165, 1.54) is 31.1 Å². The van der Waals surface area contributed by atoms with Crippen LogP contribution in [0.15, 0.2) is 42.5 Å². The molecule has 0 unspecified atom stereocenters. The minimum Gasteiger partial charge on any atom is -0.497 e. The Hall–Kier alpha value is -3.07. The summed E-state index contributed by atoms with van der Waals surface area (Å²) in [6.07, 6.45) is -6.06. The second-order valence-electron chi connectivity index (χ2n) is 9.55. The fraction of sp³-hybridized carbons (Fsp3) is 0.462. The number of ether oxygens (including phenoxy) is 2. The van der Waals surface area contributed by atoms with E-state index in [0.717, 1.165) is 6.07 Å². The molecule has 6 nitrogen and oxygen atoms in total. The van der Waals surface area contributed by atoms with Crippen LogP contribution >= 0.6 is 0 Å². The molecule has 2 atom stereocenters. The van der Waals surface area contributed by atoms with E-state index < -0.39 is 41.2 Å². The number of benzene rings is 2. The van der Waals surface area contributed by atoms with Crippen LogP contribution in [0, 0.1) is 0 Å². The van der Waals surface area contributed by atoms with Crippen LogP contribution in [0.5, 0.6) is 5.75 Å². The number of fused-ring (bicyclic) bond motifs is 1. The lowest BCUT2D eigenvalue weighted by molar-refractivity contribution is -0.154. The number of hydrogen-bond acceptors (Lipinski definition) is 5. The maximum atomic E-state index is 14.1. The van der Waals surface area contributed by atoms with Crippen LogP contribution in [0.3, 0.4) is 0 Å². The number of anilines is 1. The molecule has 1 aliphatic rings. The molecule has 0 aromatic heterocycles. The summed E-state index contributed by atoms with van der Waals surface area (Å²) in [6.45, 7) is 5.06. The third kappa shape index (κ3) is 5.61. The molecule has 1 heterocycles. The lowest BCUT2D eigenvalue weighted by atomic mass is 9.86. The average Bonchev–Trinajstić information content (AvgIpc) is 2.88. The number of halogens is 3. The molecule has 35 heavy (non-hydrogen) atoms. The molecule has 2 aromatic carbocycles. The Morgan fingerprint density at radius 3 is 2.26 bits per heavy atom. The standard InChI is InChI=1S/C26H31F3N2O4/c1-16(32)35-23-19(17-10-12-18(34-6)13-11-17)14-20-21(26(27,28)29)8-7-9-22(20)31(24(23)33)15-25(2,3)30(4)5/h7-13,19,23H,14-15H2,1-6H3/t19-,23+/m0/s1. The topological polar surface area (TPSA) is 59.1 Å². The van der Waals surface area contributed by atoms with Crippen molar-refractivity contribution in [1.82, 2.24) is 4.90 Å². The van der Waals surface area contributed by atoms with E-state index >= 15 is 0 Å². The summed E-state index contributed by atoms with van der Waals surface area (Å²) in [6, 6.07) is 10.5. The summed E-state index contributed by atoms with van der Waals surface area (Å²) in [5, 5.41) is 0. The monoisotopic (exact) mass is 492 g/mol. The number of nitrogens with zero attached hydrogens (tertiary/aromatic N) is 2. The first kappa shape index (κ1) is 26.5. The van der Waals surface area contributed by atoms with Gasteiger partial charge in [-0.3, -0.25) is 9.59 Å². The van der Waals surface area contributed by atoms with Crippen LogP contribution in [-0.2, 0) is 26.9 Å². The average molecular weight is 493 g/mol. The summed E-state index contributed by atoms with van der Waals surface area (Å²) >= 11 is 0. The quantitative estimate of drug-likeness (QED) is 0.549. The number of likely N-dealkylation sites (N-methyl/N-ethyl adjacent to an activating group) is 1. The van der Waals surface area contributed by atoms with Crippen LogP contribution in [0.4, 0.5) is 18.9 Å². The van der Waals surface area contributed by atoms with Gasteiger partial charge in [0, 0.05) is 30.6 Å². The number of methoxy groups -OCH3 is 1. The lowest BCUT2D eigenvalue weighted by Crippen LogP contribution is -2.53. The number of carbonyl (C=O) groups is 2. The highest BCUT2D eigenvalue weighted by Gasteiger charge is 2.45. The van der Waals surface area contributed by atoms with Gasteiger partial charge in [0.2, 0.25) is 0 Å². The Balaban J connectivity index is 2.26. The predicted octanol–water partition coefficient (Wildman–Crippen LogP) is 4.66. The molecule has 1 aliphatic heterocycles. The zero-order valence-corrected chi connectivity index (χ0v) is 20.8. The molecule has 0 saturated heterocycles. The van der Waals surface area contributed by atoms with Crippen LogP contribution < -0.4 is 9.64 Å². The van der Waals surface area contributed by atoms with Crippen molar-refractivity contribution < 1.29 is 32.2 Å². The van der Waals surface area contributed by atoms with Crippen molar-refractivity contribution in [2.45, 2.75) is 50.9 Å². The Bertz CT molecular complexity index is 1080. The molecule has 9 heteroatoms. The molecule has 1 amide bonds. The highest BCUT2D eigenvalue weighted by Crippen LogP contribution is 2.43. The maximum absolute atomic E-state index is 14.1. The molecular formula is C26H31F3N2O4. The number of esters is 1.